The highest BCUT2D eigenvalue weighted by atomic mass is 32.2. The van der Waals surface area contributed by atoms with Gasteiger partial charge in [0, 0.05) is 30.7 Å². The zero-order chi connectivity index (χ0) is 14.6. The molecule has 2 fully saturated rings. The van der Waals surface area contributed by atoms with Gasteiger partial charge in [-0.3, -0.25) is 0 Å². The van der Waals surface area contributed by atoms with E-state index in [2.05, 4.69) is 14.6 Å². The zero-order valence-electron chi connectivity index (χ0n) is 12.0. The van der Waals surface area contributed by atoms with E-state index >= 15 is 0 Å². The molecule has 0 spiro atoms. The summed E-state index contributed by atoms with van der Waals surface area (Å²) in [5.74, 6) is 0.608. The molecule has 21 heavy (non-hydrogen) atoms. The molecule has 0 aromatic heterocycles. The largest absolute Gasteiger partial charge is 0.355 e. The maximum absolute atomic E-state index is 12.2. The molecule has 112 valence electrons. The number of nitrogens with one attached hydrogen (secondary N) is 1. The van der Waals surface area contributed by atoms with E-state index in [-0.39, 0.29) is 0 Å². The highest BCUT2D eigenvalue weighted by molar-refractivity contribution is 7.90. The maximum atomic E-state index is 12.2. The van der Waals surface area contributed by atoms with Crippen LogP contribution in [0.25, 0.3) is 0 Å². The Morgan fingerprint density at radius 2 is 1.86 bits per heavy atom. The third-order valence-electron chi connectivity index (χ3n) is 4.94. The predicted octanol–water partition coefficient (Wildman–Crippen LogP) is 1.35. The monoisotopic (exact) mass is 305 g/mol. The van der Waals surface area contributed by atoms with Crippen LogP contribution in [0.2, 0.25) is 0 Å². The molecule has 0 radical (unpaired) electrons. The Hall–Kier alpha value is -1.40. The molecule has 0 saturated carbocycles. The number of piperidine rings is 1. The van der Waals surface area contributed by atoms with Crippen molar-refractivity contribution in [2.75, 3.05) is 7.05 Å². The number of nitrogens with zero attached hydrogens (tertiary/aromatic N) is 2. The topological polar surface area (TPSA) is 61.8 Å². The molecule has 3 heterocycles. The summed E-state index contributed by atoms with van der Waals surface area (Å²) in [6.45, 7) is 0. The minimum absolute atomic E-state index is 0.337. The highest BCUT2D eigenvalue weighted by Gasteiger charge is 2.38. The van der Waals surface area contributed by atoms with Gasteiger partial charge in [-0.1, -0.05) is 12.1 Å². The lowest BCUT2D eigenvalue weighted by molar-refractivity contribution is 0.245. The summed E-state index contributed by atoms with van der Waals surface area (Å²) >= 11 is 0. The summed E-state index contributed by atoms with van der Waals surface area (Å²) in [6, 6.07) is 8.62. The molecule has 2 bridgehead atoms. The Bertz CT molecular complexity index is 701. The van der Waals surface area contributed by atoms with E-state index < -0.39 is 10.0 Å². The van der Waals surface area contributed by atoms with Crippen molar-refractivity contribution in [1.29, 1.82) is 0 Å². The van der Waals surface area contributed by atoms with Crippen molar-refractivity contribution in [3.63, 3.8) is 0 Å². The van der Waals surface area contributed by atoms with Crippen LogP contribution in [0.5, 0.6) is 0 Å². The quantitative estimate of drug-likeness (QED) is 0.851. The van der Waals surface area contributed by atoms with Crippen LogP contribution in [0.15, 0.2) is 33.6 Å². The Morgan fingerprint density at radius 3 is 2.57 bits per heavy atom. The van der Waals surface area contributed by atoms with Gasteiger partial charge >= 0.3 is 0 Å². The second kappa shape index (κ2) is 4.55. The number of hydrogen-bond acceptors (Lipinski definition) is 4. The number of sulfonamides is 1. The van der Waals surface area contributed by atoms with E-state index in [1.165, 1.54) is 12.8 Å². The van der Waals surface area contributed by atoms with Gasteiger partial charge in [-0.05, 0) is 37.8 Å². The first kappa shape index (κ1) is 13.3. The van der Waals surface area contributed by atoms with Crippen LogP contribution < -0.4 is 5.32 Å². The van der Waals surface area contributed by atoms with Gasteiger partial charge in [0.15, 0.2) is 5.84 Å². The van der Waals surface area contributed by atoms with Crippen molar-refractivity contribution < 1.29 is 8.42 Å². The summed E-state index contributed by atoms with van der Waals surface area (Å²) in [4.78, 5) is 2.42. The summed E-state index contributed by atoms with van der Waals surface area (Å²) in [5.41, 5.74) is 0.742. The van der Waals surface area contributed by atoms with Crippen LogP contribution in [0.3, 0.4) is 0 Å². The third kappa shape index (κ3) is 2.08. The van der Waals surface area contributed by atoms with Gasteiger partial charge in [0.05, 0.1) is 0 Å². The number of fused-ring (bicyclic) bond motifs is 3. The van der Waals surface area contributed by atoms with Crippen molar-refractivity contribution in [2.24, 2.45) is 4.40 Å². The molecular weight excluding hydrogens is 286 g/mol. The van der Waals surface area contributed by atoms with Crippen molar-refractivity contribution >= 4 is 15.9 Å². The van der Waals surface area contributed by atoms with Gasteiger partial charge in [-0.2, -0.15) is 8.42 Å². The van der Waals surface area contributed by atoms with Crippen LogP contribution in [0, 0.1) is 0 Å². The van der Waals surface area contributed by atoms with Gasteiger partial charge in [-0.15, -0.1) is 4.40 Å². The van der Waals surface area contributed by atoms with Crippen LogP contribution >= 0.6 is 0 Å². The van der Waals surface area contributed by atoms with Gasteiger partial charge in [0.2, 0.25) is 0 Å². The second-order valence-corrected chi connectivity index (χ2v) is 7.83. The molecule has 1 N–H and O–H groups in total. The molecule has 2 unspecified atom stereocenters. The fourth-order valence-corrected chi connectivity index (χ4v) is 5.10. The molecular formula is C15H19N3O2S. The molecule has 3 aliphatic rings. The van der Waals surface area contributed by atoms with E-state index in [0.29, 0.717) is 28.9 Å². The summed E-state index contributed by atoms with van der Waals surface area (Å²) < 4.78 is 28.4. The van der Waals surface area contributed by atoms with E-state index in [0.717, 1.165) is 18.4 Å². The van der Waals surface area contributed by atoms with Crippen molar-refractivity contribution in [2.45, 2.75) is 48.7 Å². The normalized spacial score (nSPS) is 32.6. The Labute approximate surface area is 125 Å². The van der Waals surface area contributed by atoms with E-state index in [1.807, 2.05) is 19.2 Å². The standard InChI is InChI=1S/C15H19N3O2S/c1-18(12-8-10-6-7-11(9-12)16-10)15-13-4-2-3-5-14(13)21(19,20)17-15/h2-5,10-12,16H,6-9H2,1H3. The molecule has 2 atom stereocenters. The van der Waals surface area contributed by atoms with E-state index in [1.54, 1.807) is 12.1 Å². The van der Waals surface area contributed by atoms with Gasteiger partial charge < -0.3 is 10.2 Å². The number of rotatable bonds is 1. The average molecular weight is 305 g/mol. The molecule has 2 saturated heterocycles. The summed E-state index contributed by atoms with van der Waals surface area (Å²) in [6.07, 6.45) is 4.59. The van der Waals surface area contributed by atoms with Crippen molar-refractivity contribution in [3.8, 4) is 0 Å². The fourth-order valence-electron chi connectivity index (χ4n) is 3.86. The Kier molecular flexibility index (Phi) is 2.87. The average Bonchev–Trinajstić information content (AvgIpc) is 2.95. The first-order chi connectivity index (χ1) is 10.0. The first-order valence-electron chi connectivity index (χ1n) is 7.48. The highest BCUT2D eigenvalue weighted by Crippen LogP contribution is 2.33. The molecule has 4 rings (SSSR count). The molecule has 3 aliphatic heterocycles. The van der Waals surface area contributed by atoms with Gasteiger partial charge in [0.25, 0.3) is 10.0 Å². The fraction of sp³-hybridized carbons (Fsp3) is 0.533. The molecule has 0 aliphatic carbocycles. The molecule has 1 aromatic carbocycles. The smallest absolute Gasteiger partial charge is 0.285 e. The minimum Gasteiger partial charge on any atom is -0.355 e. The maximum Gasteiger partial charge on any atom is 0.285 e. The van der Waals surface area contributed by atoms with Crippen molar-refractivity contribution in [1.82, 2.24) is 10.2 Å². The Morgan fingerprint density at radius 1 is 1.19 bits per heavy atom. The zero-order valence-corrected chi connectivity index (χ0v) is 12.8. The van der Waals surface area contributed by atoms with Crippen LogP contribution in [0.1, 0.15) is 31.2 Å². The first-order valence-corrected chi connectivity index (χ1v) is 8.92. The Balaban J connectivity index is 1.68. The lowest BCUT2D eigenvalue weighted by Gasteiger charge is -2.36. The molecule has 5 nitrogen and oxygen atoms in total. The lowest BCUT2D eigenvalue weighted by Crippen LogP contribution is -2.48. The lowest BCUT2D eigenvalue weighted by atomic mass is 9.98. The second-order valence-electron chi connectivity index (χ2n) is 6.26. The molecule has 1 aromatic rings. The van der Waals surface area contributed by atoms with E-state index in [9.17, 15) is 8.42 Å². The SMILES string of the molecule is CN(C1=NS(=O)(=O)c2ccccc21)C1CC2CCC(C1)N2. The molecule has 6 heteroatoms. The summed E-state index contributed by atoms with van der Waals surface area (Å²) in [7, 11) is -1.54. The van der Waals surface area contributed by atoms with E-state index in [4.69, 9.17) is 0 Å². The van der Waals surface area contributed by atoms with Gasteiger partial charge in [-0.25, -0.2) is 0 Å². The van der Waals surface area contributed by atoms with Crippen LogP contribution in [-0.2, 0) is 10.0 Å². The van der Waals surface area contributed by atoms with Crippen molar-refractivity contribution in [3.05, 3.63) is 29.8 Å². The number of amidine groups is 1. The van der Waals surface area contributed by atoms with Crippen LogP contribution in [-0.4, -0.2) is 44.3 Å². The van der Waals surface area contributed by atoms with Crippen LogP contribution in [0.4, 0.5) is 0 Å². The predicted molar refractivity (Wildman–Crippen MR) is 80.9 cm³/mol. The summed E-state index contributed by atoms with van der Waals surface area (Å²) in [5, 5.41) is 3.62. The number of hydrogen-bond donors (Lipinski definition) is 1. The molecule has 0 amide bonds. The van der Waals surface area contributed by atoms with Gasteiger partial charge in [0.1, 0.15) is 4.90 Å². The minimum atomic E-state index is -3.52. The third-order valence-corrected chi connectivity index (χ3v) is 6.27. The number of benzene rings is 1.